The van der Waals surface area contributed by atoms with E-state index in [1.807, 2.05) is 0 Å². The second-order valence-electron chi connectivity index (χ2n) is 5.17. The van der Waals surface area contributed by atoms with E-state index in [-0.39, 0.29) is 0 Å². The molecule has 0 radical (unpaired) electrons. The van der Waals surface area contributed by atoms with Crippen molar-refractivity contribution in [1.82, 2.24) is 0 Å². The molecule has 0 aromatic heterocycles. The summed E-state index contributed by atoms with van der Waals surface area (Å²) in [6.07, 6.45) is -15.7. The summed E-state index contributed by atoms with van der Waals surface area (Å²) in [5.74, 6) is -48.1. The molecule has 190 valence electrons. The molecule has 0 nitrogen and oxygen atoms in total. The van der Waals surface area contributed by atoms with E-state index in [1.165, 1.54) is 0 Å². The van der Waals surface area contributed by atoms with Gasteiger partial charge in [-0.05, 0) is 0 Å². The van der Waals surface area contributed by atoms with Crippen LogP contribution in [0, 0.1) is 0 Å². The van der Waals surface area contributed by atoms with Crippen LogP contribution in [0.4, 0.5) is 74.6 Å². The summed E-state index contributed by atoms with van der Waals surface area (Å²) in [6, 6.07) is 0. The highest BCUT2D eigenvalue weighted by atomic mass is 35.6. The van der Waals surface area contributed by atoms with E-state index in [0.29, 0.717) is 0 Å². The molecule has 0 aliphatic rings. The summed E-state index contributed by atoms with van der Waals surface area (Å²) < 4.78 is 213. The summed E-state index contributed by atoms with van der Waals surface area (Å²) in [5, 5.41) is 0. The first-order valence-corrected chi connectivity index (χ1v) is 10.3. The first-order chi connectivity index (χ1) is 13.3. The maximum absolute atomic E-state index is 13.2. The third kappa shape index (κ3) is 5.05. The van der Waals surface area contributed by atoms with E-state index in [4.69, 9.17) is 11.1 Å². The van der Waals surface area contributed by atoms with Crippen LogP contribution in [0.5, 0.6) is 0 Å². The fourth-order valence-electron chi connectivity index (χ4n) is 1.48. The Labute approximate surface area is 178 Å². The second kappa shape index (κ2) is 9.64. The van der Waals surface area contributed by atoms with Crippen LogP contribution in [0.25, 0.3) is 0 Å². The minimum absolute atomic E-state index is 0.778. The minimum Gasteiger partial charge on any atom is -0.238 e. The molecule has 0 rings (SSSR count). The molecule has 0 spiro atoms. The topological polar surface area (TPSA) is 0 Å². The molecular weight excluding hydrogens is 578 g/mol. The van der Waals surface area contributed by atoms with Crippen molar-refractivity contribution in [3.63, 3.8) is 0 Å². The van der Waals surface area contributed by atoms with Gasteiger partial charge in [0.1, 0.15) is 9.55 Å². The fourth-order valence-corrected chi connectivity index (χ4v) is 1.72. The Morgan fingerprint density at radius 3 is 1.00 bits per heavy atom. The molecule has 0 N–H and O–H groups in total. The highest BCUT2D eigenvalue weighted by Gasteiger charge is 2.93. The van der Waals surface area contributed by atoms with Gasteiger partial charge in [0.25, 0.3) is 6.43 Å². The zero-order valence-electron chi connectivity index (χ0n) is 13.8. The number of hydrogen-bond donors (Lipinski definition) is 0. The van der Waals surface area contributed by atoms with E-state index >= 15 is 0 Å². The highest BCUT2D eigenvalue weighted by molar-refractivity contribution is 6.80. The Morgan fingerprint density at radius 2 is 0.742 bits per heavy atom. The Hall–Kier alpha value is -0.103. The largest absolute Gasteiger partial charge is 0.384 e. The van der Waals surface area contributed by atoms with Gasteiger partial charge < -0.3 is 0 Å². The molecule has 2 unspecified atom stereocenters. The molecule has 0 aromatic carbocycles. The molecule has 0 aromatic rings. The molecule has 2 atom stereocenters. The molecular formula is C10H6Cl3F17Si. The molecule has 0 saturated carbocycles. The normalized spacial score (nSPS) is 17.3. The molecule has 0 heterocycles. The molecule has 31 heavy (non-hydrogen) atoms. The lowest BCUT2D eigenvalue weighted by atomic mass is 9.89. The van der Waals surface area contributed by atoms with Gasteiger partial charge in [-0.25, -0.2) is 22.0 Å². The van der Waals surface area contributed by atoms with Crippen LogP contribution in [-0.2, 0) is 0 Å². The van der Waals surface area contributed by atoms with Gasteiger partial charge in [-0.2, -0.15) is 63.8 Å². The monoisotopic (exact) mass is 582 g/mol. The Morgan fingerprint density at radius 1 is 0.484 bits per heavy atom. The standard InChI is InChI=1S/C10H3Cl2F17.ClH3Si/c11-10(12,29)9(27,28)8(25,26)7(23,24)6(21,22)5(19,20)4(17,18)2(14)1(13)3(15)16;1-2/h1-3H;2H3. The number of hydrogen-bond acceptors (Lipinski definition) is 0. The average Bonchev–Trinajstić information content (AvgIpc) is 2.59. The van der Waals surface area contributed by atoms with Crippen LogP contribution in [-0.4, -0.2) is 68.4 Å². The summed E-state index contributed by atoms with van der Waals surface area (Å²) >= 11 is 12.3. The molecule has 21 heteroatoms. The van der Waals surface area contributed by atoms with Crippen LogP contribution in [0.15, 0.2) is 0 Å². The van der Waals surface area contributed by atoms with Gasteiger partial charge in [0.05, 0.1) is 0 Å². The van der Waals surface area contributed by atoms with Gasteiger partial charge in [-0.15, -0.1) is 0 Å². The van der Waals surface area contributed by atoms with Crippen molar-refractivity contribution in [2.24, 2.45) is 0 Å². The smallest absolute Gasteiger partial charge is 0.238 e. The van der Waals surface area contributed by atoms with Crippen LogP contribution in [0.3, 0.4) is 0 Å². The van der Waals surface area contributed by atoms with E-state index in [2.05, 4.69) is 23.2 Å². The van der Waals surface area contributed by atoms with Crippen LogP contribution < -0.4 is 0 Å². The number of halogens is 20. The van der Waals surface area contributed by atoms with Crippen molar-refractivity contribution in [1.29, 1.82) is 0 Å². The molecule has 0 aliphatic heterocycles. The third-order valence-electron chi connectivity index (χ3n) is 3.22. The van der Waals surface area contributed by atoms with Gasteiger partial charge in [-0.3, -0.25) is 0 Å². The van der Waals surface area contributed by atoms with Gasteiger partial charge in [0.15, 0.2) is 6.17 Å². The number of rotatable bonds is 9. The molecule has 0 amide bonds. The van der Waals surface area contributed by atoms with Crippen molar-refractivity contribution < 1.29 is 74.6 Å². The second-order valence-corrected chi connectivity index (χ2v) is 6.41. The zero-order valence-corrected chi connectivity index (χ0v) is 18.1. The lowest BCUT2D eigenvalue weighted by Crippen LogP contribution is -2.73. The predicted molar refractivity (Wildman–Crippen MR) is 76.8 cm³/mol. The Balaban J connectivity index is 0. The Kier molecular flexibility index (Phi) is 10.3. The minimum atomic E-state index is -8.44. The van der Waals surface area contributed by atoms with Crippen molar-refractivity contribution in [2.45, 2.75) is 58.9 Å². The van der Waals surface area contributed by atoms with E-state index in [0.717, 1.165) is 9.55 Å². The third-order valence-corrected chi connectivity index (χ3v) is 3.69. The van der Waals surface area contributed by atoms with Crippen molar-refractivity contribution in [2.75, 3.05) is 0 Å². The Bertz CT molecular complexity index is 589. The van der Waals surface area contributed by atoms with E-state index in [9.17, 15) is 74.6 Å². The van der Waals surface area contributed by atoms with E-state index in [1.54, 1.807) is 0 Å². The fraction of sp³-hybridized carbons (Fsp3) is 1.00. The molecule has 0 aliphatic carbocycles. The summed E-state index contributed by atoms with van der Waals surface area (Å²) in [5.41, 5.74) is 0. The van der Waals surface area contributed by atoms with Crippen molar-refractivity contribution in [3.05, 3.63) is 0 Å². The first kappa shape index (κ1) is 33.1. The quantitative estimate of drug-likeness (QED) is 0.129. The van der Waals surface area contributed by atoms with Gasteiger partial charge in [-0.1, -0.05) is 23.2 Å². The molecule has 0 saturated heterocycles. The summed E-state index contributed by atoms with van der Waals surface area (Å²) in [6.45, 7) is 0. The maximum atomic E-state index is 13.2. The van der Waals surface area contributed by atoms with Crippen LogP contribution >= 0.6 is 34.3 Å². The summed E-state index contributed by atoms with van der Waals surface area (Å²) in [7, 11) is 0.778. The maximum Gasteiger partial charge on any atom is 0.384 e. The van der Waals surface area contributed by atoms with Crippen molar-refractivity contribution in [3.8, 4) is 0 Å². The highest BCUT2D eigenvalue weighted by Crippen LogP contribution is 2.63. The summed E-state index contributed by atoms with van der Waals surface area (Å²) in [4.78, 5) is 0. The molecule has 0 fully saturated rings. The molecule has 0 bridgehead atoms. The van der Waals surface area contributed by atoms with E-state index < -0.39 is 58.9 Å². The average molecular weight is 584 g/mol. The SMILES string of the molecule is FC(F)C(F)C(F)C(F)(F)C(F)(F)C(F)(F)C(F)(F)C(F)(F)C(F)(F)C(F)(Cl)Cl.[SiH3]Cl. The lowest BCUT2D eigenvalue weighted by Gasteiger charge is -2.42. The van der Waals surface area contributed by atoms with Crippen molar-refractivity contribution >= 4 is 43.8 Å². The van der Waals surface area contributed by atoms with Gasteiger partial charge in [0.2, 0.25) is 6.17 Å². The van der Waals surface area contributed by atoms with Gasteiger partial charge >= 0.3 is 40.1 Å². The van der Waals surface area contributed by atoms with Crippen LogP contribution in [0.1, 0.15) is 0 Å². The predicted octanol–water partition coefficient (Wildman–Crippen LogP) is 6.35. The number of alkyl halides is 19. The van der Waals surface area contributed by atoms with Crippen LogP contribution in [0.2, 0.25) is 0 Å². The van der Waals surface area contributed by atoms with Gasteiger partial charge in [0, 0.05) is 0 Å². The lowest BCUT2D eigenvalue weighted by molar-refractivity contribution is -0.433. The first-order valence-electron chi connectivity index (χ1n) is 6.54. The zero-order chi connectivity index (χ0) is 26.2.